The van der Waals surface area contributed by atoms with Crippen molar-refractivity contribution in [3.05, 3.63) is 36.0 Å². The molecule has 29 heavy (non-hydrogen) atoms. The lowest BCUT2D eigenvalue weighted by molar-refractivity contribution is 0.123. The number of nitrogens with one attached hydrogen (secondary N) is 3. The highest BCUT2D eigenvalue weighted by atomic mass is 19.1. The Kier molecular flexibility index (Phi) is 4.79. The van der Waals surface area contributed by atoms with Crippen molar-refractivity contribution in [2.24, 2.45) is 0 Å². The van der Waals surface area contributed by atoms with Gasteiger partial charge in [0.05, 0.1) is 5.52 Å². The number of rotatable bonds is 6. The number of H-pyrrole nitrogens is 1. The van der Waals surface area contributed by atoms with E-state index in [9.17, 15) is 4.39 Å². The molecule has 152 valence electrons. The van der Waals surface area contributed by atoms with E-state index in [0.717, 1.165) is 53.9 Å². The molecule has 2 aromatic heterocycles. The Morgan fingerprint density at radius 3 is 2.69 bits per heavy atom. The molecule has 0 spiro atoms. The minimum absolute atomic E-state index is 0.263. The number of hydrogen-bond acceptors (Lipinski definition) is 6. The van der Waals surface area contributed by atoms with Crippen LogP contribution in [0.4, 0.5) is 22.0 Å². The zero-order valence-electron chi connectivity index (χ0n) is 16.5. The number of halogens is 1. The zero-order chi connectivity index (χ0) is 19.8. The van der Waals surface area contributed by atoms with Gasteiger partial charge in [0.25, 0.3) is 0 Å². The summed E-state index contributed by atoms with van der Waals surface area (Å²) in [5.41, 5.74) is 1.87. The van der Waals surface area contributed by atoms with Crippen molar-refractivity contribution in [1.29, 1.82) is 0 Å². The number of alkyl halides is 1. The van der Waals surface area contributed by atoms with Crippen LogP contribution in [-0.4, -0.2) is 56.4 Å². The lowest BCUT2D eigenvalue weighted by Crippen LogP contribution is -2.47. The van der Waals surface area contributed by atoms with E-state index in [1.165, 1.54) is 0 Å². The molecule has 7 nitrogen and oxygen atoms in total. The first-order valence-corrected chi connectivity index (χ1v) is 10.3. The summed E-state index contributed by atoms with van der Waals surface area (Å²) >= 11 is 0. The van der Waals surface area contributed by atoms with Crippen LogP contribution in [0.2, 0.25) is 0 Å². The molecule has 2 aliphatic heterocycles. The van der Waals surface area contributed by atoms with Crippen molar-refractivity contribution in [2.75, 3.05) is 23.9 Å². The lowest BCUT2D eigenvalue weighted by Gasteiger charge is -2.38. The maximum absolute atomic E-state index is 12.9. The van der Waals surface area contributed by atoms with E-state index in [2.05, 4.69) is 25.7 Å². The van der Waals surface area contributed by atoms with Crippen molar-refractivity contribution in [3.63, 3.8) is 0 Å². The first-order valence-electron chi connectivity index (χ1n) is 10.3. The van der Waals surface area contributed by atoms with E-state index in [1.54, 1.807) is 0 Å². The topological polar surface area (TPSA) is 81.8 Å². The van der Waals surface area contributed by atoms with Gasteiger partial charge in [0.2, 0.25) is 5.95 Å². The van der Waals surface area contributed by atoms with Crippen LogP contribution in [0.3, 0.4) is 0 Å². The van der Waals surface area contributed by atoms with E-state index in [0.29, 0.717) is 30.6 Å². The van der Waals surface area contributed by atoms with Gasteiger partial charge in [0.1, 0.15) is 12.5 Å². The molecule has 2 saturated heterocycles. The Bertz CT molecular complexity index is 990. The number of aryl methyl sites for hydroxylation is 1. The molecule has 1 aromatic carbocycles. The SMILES string of the molecule is Cc1cc(Nc2nc(NC3C[C@H]4CC[C@@H](C3)N4CCF)nc3ccccc23)n[nH]1. The summed E-state index contributed by atoms with van der Waals surface area (Å²) in [5.74, 6) is 2.10. The summed E-state index contributed by atoms with van der Waals surface area (Å²) < 4.78 is 12.9. The van der Waals surface area contributed by atoms with Crippen molar-refractivity contribution in [3.8, 4) is 0 Å². The fraction of sp³-hybridized carbons (Fsp3) is 0.476. The third-order valence-electron chi connectivity index (χ3n) is 6.12. The number of para-hydroxylation sites is 1. The molecular weight excluding hydrogens is 369 g/mol. The van der Waals surface area contributed by atoms with Gasteiger partial charge in [-0.05, 0) is 44.7 Å². The first-order chi connectivity index (χ1) is 14.2. The fourth-order valence-corrected chi connectivity index (χ4v) is 4.88. The highest BCUT2D eigenvalue weighted by molar-refractivity contribution is 5.91. The van der Waals surface area contributed by atoms with Gasteiger partial charge in [-0.15, -0.1) is 0 Å². The van der Waals surface area contributed by atoms with Crippen LogP contribution >= 0.6 is 0 Å². The second-order valence-electron chi connectivity index (χ2n) is 8.10. The van der Waals surface area contributed by atoms with Gasteiger partial charge in [-0.3, -0.25) is 10.00 Å². The van der Waals surface area contributed by atoms with Crippen LogP contribution in [0.15, 0.2) is 30.3 Å². The van der Waals surface area contributed by atoms with E-state index >= 15 is 0 Å². The molecule has 2 fully saturated rings. The van der Waals surface area contributed by atoms with Crippen LogP contribution < -0.4 is 10.6 Å². The number of piperidine rings is 1. The summed E-state index contributed by atoms with van der Waals surface area (Å²) in [6.07, 6.45) is 4.33. The van der Waals surface area contributed by atoms with Gasteiger partial charge >= 0.3 is 0 Å². The molecule has 0 aliphatic carbocycles. The van der Waals surface area contributed by atoms with Crippen LogP contribution in [0.25, 0.3) is 10.9 Å². The van der Waals surface area contributed by atoms with E-state index < -0.39 is 0 Å². The van der Waals surface area contributed by atoms with Gasteiger partial charge in [-0.1, -0.05) is 12.1 Å². The predicted octanol–water partition coefficient (Wildman–Crippen LogP) is 3.78. The summed E-state index contributed by atoms with van der Waals surface area (Å²) in [6.45, 7) is 2.26. The molecule has 5 rings (SSSR count). The van der Waals surface area contributed by atoms with Gasteiger partial charge in [-0.2, -0.15) is 10.1 Å². The van der Waals surface area contributed by atoms with Crippen LogP contribution in [-0.2, 0) is 0 Å². The van der Waals surface area contributed by atoms with Crippen molar-refractivity contribution in [1.82, 2.24) is 25.1 Å². The summed E-state index contributed by atoms with van der Waals surface area (Å²) in [7, 11) is 0. The zero-order valence-corrected chi connectivity index (χ0v) is 16.5. The minimum atomic E-state index is -0.263. The molecule has 0 radical (unpaired) electrons. The molecule has 1 unspecified atom stereocenters. The maximum Gasteiger partial charge on any atom is 0.225 e. The molecule has 3 aromatic rings. The molecule has 0 amide bonds. The minimum Gasteiger partial charge on any atom is -0.351 e. The van der Waals surface area contributed by atoms with Crippen molar-refractivity contribution >= 4 is 28.5 Å². The van der Waals surface area contributed by atoms with E-state index in [4.69, 9.17) is 9.97 Å². The molecule has 8 heteroatoms. The Labute approximate surface area is 169 Å². The number of hydrogen-bond donors (Lipinski definition) is 3. The smallest absolute Gasteiger partial charge is 0.225 e. The molecule has 3 atom stereocenters. The Hall–Kier alpha value is -2.74. The second kappa shape index (κ2) is 7.59. The fourth-order valence-electron chi connectivity index (χ4n) is 4.88. The second-order valence-corrected chi connectivity index (χ2v) is 8.10. The Balaban J connectivity index is 1.39. The monoisotopic (exact) mass is 395 g/mol. The highest BCUT2D eigenvalue weighted by Crippen LogP contribution is 2.36. The standard InChI is InChI=1S/C21H26FN7/c1-13-10-19(28-27-13)25-20-17-4-2-3-5-18(17)24-21(26-20)23-14-11-15-6-7-16(12-14)29(15)9-8-22/h2-5,10,14-16H,6-9,11-12H2,1H3,(H3,23,24,25,26,27,28)/t14?,15-,16+. The quantitative estimate of drug-likeness (QED) is 0.589. The highest BCUT2D eigenvalue weighted by Gasteiger charge is 2.40. The molecule has 0 saturated carbocycles. The predicted molar refractivity (Wildman–Crippen MR) is 112 cm³/mol. The molecule has 2 aliphatic rings. The third-order valence-corrected chi connectivity index (χ3v) is 6.12. The van der Waals surface area contributed by atoms with E-state index in [-0.39, 0.29) is 6.67 Å². The van der Waals surface area contributed by atoms with Gasteiger partial charge in [0.15, 0.2) is 5.82 Å². The lowest BCUT2D eigenvalue weighted by atomic mass is 9.97. The molecule has 3 N–H and O–H groups in total. The van der Waals surface area contributed by atoms with E-state index in [1.807, 2.05) is 37.3 Å². The number of benzene rings is 1. The summed E-state index contributed by atoms with van der Waals surface area (Å²) in [6, 6.07) is 11.2. The number of aromatic amines is 1. The van der Waals surface area contributed by atoms with Crippen molar-refractivity contribution < 1.29 is 4.39 Å². The largest absolute Gasteiger partial charge is 0.351 e. The van der Waals surface area contributed by atoms with Gasteiger partial charge < -0.3 is 10.6 Å². The summed E-state index contributed by atoms with van der Waals surface area (Å²) in [4.78, 5) is 11.9. The van der Waals surface area contributed by atoms with Crippen LogP contribution in [0, 0.1) is 6.92 Å². The van der Waals surface area contributed by atoms with Gasteiger partial charge in [0, 0.05) is 41.8 Å². The third kappa shape index (κ3) is 3.64. The number of anilines is 3. The molecular formula is C21H26FN7. The average molecular weight is 395 g/mol. The number of aromatic nitrogens is 4. The van der Waals surface area contributed by atoms with Crippen LogP contribution in [0.5, 0.6) is 0 Å². The maximum atomic E-state index is 12.9. The van der Waals surface area contributed by atoms with Crippen LogP contribution in [0.1, 0.15) is 31.4 Å². The molecule has 2 bridgehead atoms. The number of nitrogens with zero attached hydrogens (tertiary/aromatic N) is 4. The normalized spacial score (nSPS) is 24.1. The Morgan fingerprint density at radius 1 is 1.17 bits per heavy atom. The van der Waals surface area contributed by atoms with Gasteiger partial charge in [-0.25, -0.2) is 9.37 Å². The summed E-state index contributed by atoms with van der Waals surface area (Å²) in [5, 5.41) is 15.0. The number of fused-ring (bicyclic) bond motifs is 3. The average Bonchev–Trinajstić information content (AvgIpc) is 3.21. The Morgan fingerprint density at radius 2 is 1.97 bits per heavy atom. The molecule has 4 heterocycles. The van der Waals surface area contributed by atoms with Crippen molar-refractivity contribution in [2.45, 2.75) is 50.7 Å². The first kappa shape index (κ1) is 18.3.